The van der Waals surface area contributed by atoms with Crippen molar-refractivity contribution in [1.82, 2.24) is 19.9 Å². The van der Waals surface area contributed by atoms with E-state index in [2.05, 4.69) is 25.9 Å². The van der Waals surface area contributed by atoms with E-state index >= 15 is 0 Å². The first-order valence-electron chi connectivity index (χ1n) is 6.53. The number of nitrogens with one attached hydrogen (secondary N) is 1. The second kappa shape index (κ2) is 4.90. The van der Waals surface area contributed by atoms with Gasteiger partial charge in [0.05, 0.1) is 17.7 Å². The predicted molar refractivity (Wildman–Crippen MR) is 70.8 cm³/mol. The molecule has 94 valence electrons. The zero-order chi connectivity index (χ0) is 12.4. The lowest BCUT2D eigenvalue weighted by atomic mass is 10.0. The maximum absolute atomic E-state index is 4.56. The lowest BCUT2D eigenvalue weighted by Gasteiger charge is -2.16. The van der Waals surface area contributed by atoms with Gasteiger partial charge in [0.15, 0.2) is 0 Å². The molecule has 0 saturated heterocycles. The Hall–Kier alpha value is -1.68. The van der Waals surface area contributed by atoms with Crippen LogP contribution in [0.1, 0.15) is 29.8 Å². The van der Waals surface area contributed by atoms with E-state index in [1.807, 2.05) is 25.8 Å². The summed E-state index contributed by atoms with van der Waals surface area (Å²) in [5, 5.41) is 3.19. The molecule has 2 aromatic rings. The van der Waals surface area contributed by atoms with Crippen molar-refractivity contribution in [2.24, 2.45) is 0 Å². The summed E-state index contributed by atoms with van der Waals surface area (Å²) in [6.07, 6.45) is 10.5. The lowest BCUT2D eigenvalue weighted by molar-refractivity contribution is 0.654. The molecular weight excluding hydrogens is 224 g/mol. The minimum absolute atomic E-state index is 0.829. The van der Waals surface area contributed by atoms with Crippen LogP contribution in [0.2, 0.25) is 0 Å². The summed E-state index contributed by atoms with van der Waals surface area (Å²) in [7, 11) is 1.96. The molecule has 4 heteroatoms. The average Bonchev–Trinajstić information content (AvgIpc) is 2.84. The fraction of sp³-hybridized carbons (Fsp3) is 0.429. The highest BCUT2D eigenvalue weighted by Gasteiger charge is 2.17. The van der Waals surface area contributed by atoms with Gasteiger partial charge in [-0.1, -0.05) is 0 Å². The molecule has 3 rings (SSSR count). The van der Waals surface area contributed by atoms with Gasteiger partial charge in [-0.2, -0.15) is 0 Å². The predicted octanol–water partition coefficient (Wildman–Crippen LogP) is 1.87. The number of aromatic nitrogens is 3. The number of rotatable bonds is 3. The Balaban J connectivity index is 2.07. The standard InChI is InChI=1S/C14H18N4/c1-15-8-11-9-16-7-6-13(11)18-10-17-12-4-2-3-5-14(12)18/h6-7,9-10,15H,2-5,8H2,1H3. The topological polar surface area (TPSA) is 42.7 Å². The van der Waals surface area contributed by atoms with Crippen LogP contribution in [0.4, 0.5) is 0 Å². The van der Waals surface area contributed by atoms with Crippen LogP contribution in [0.3, 0.4) is 0 Å². The van der Waals surface area contributed by atoms with Crippen molar-refractivity contribution >= 4 is 0 Å². The third kappa shape index (κ3) is 1.93. The van der Waals surface area contributed by atoms with Crippen molar-refractivity contribution in [3.05, 3.63) is 41.7 Å². The zero-order valence-electron chi connectivity index (χ0n) is 10.7. The number of aryl methyl sites for hydroxylation is 1. The van der Waals surface area contributed by atoms with Gasteiger partial charge < -0.3 is 9.88 Å². The highest BCUT2D eigenvalue weighted by molar-refractivity contribution is 5.41. The third-order valence-corrected chi connectivity index (χ3v) is 3.53. The molecule has 1 aliphatic rings. The number of fused-ring (bicyclic) bond motifs is 1. The van der Waals surface area contributed by atoms with Crippen LogP contribution in [-0.2, 0) is 19.4 Å². The lowest BCUT2D eigenvalue weighted by Crippen LogP contribution is -2.12. The molecule has 0 fully saturated rings. The molecule has 0 unspecified atom stereocenters. The summed E-state index contributed by atoms with van der Waals surface area (Å²) in [5.74, 6) is 0. The molecule has 1 N–H and O–H groups in total. The molecular formula is C14H18N4. The number of nitrogens with zero attached hydrogens (tertiary/aromatic N) is 3. The first kappa shape index (κ1) is 11.4. The summed E-state index contributed by atoms with van der Waals surface area (Å²) < 4.78 is 2.24. The third-order valence-electron chi connectivity index (χ3n) is 3.53. The highest BCUT2D eigenvalue weighted by Crippen LogP contribution is 2.24. The monoisotopic (exact) mass is 242 g/mol. The average molecular weight is 242 g/mol. The molecule has 0 aliphatic heterocycles. The largest absolute Gasteiger partial charge is 0.316 e. The molecule has 2 aromatic heterocycles. The van der Waals surface area contributed by atoms with Crippen molar-refractivity contribution in [1.29, 1.82) is 0 Å². The fourth-order valence-electron chi connectivity index (χ4n) is 2.66. The molecule has 0 atom stereocenters. The number of hydrogen-bond acceptors (Lipinski definition) is 3. The first-order chi connectivity index (χ1) is 8.90. The Labute approximate surface area is 107 Å². The maximum atomic E-state index is 4.56. The Morgan fingerprint density at radius 2 is 2.22 bits per heavy atom. The van der Waals surface area contributed by atoms with Crippen LogP contribution in [-0.4, -0.2) is 21.6 Å². The Kier molecular flexibility index (Phi) is 3.11. The Morgan fingerprint density at radius 3 is 3.11 bits per heavy atom. The van der Waals surface area contributed by atoms with E-state index in [0.717, 1.165) is 19.4 Å². The molecule has 18 heavy (non-hydrogen) atoms. The van der Waals surface area contributed by atoms with E-state index in [9.17, 15) is 0 Å². The van der Waals surface area contributed by atoms with Gasteiger partial charge >= 0.3 is 0 Å². The highest BCUT2D eigenvalue weighted by atomic mass is 15.1. The van der Waals surface area contributed by atoms with E-state index in [0.29, 0.717) is 0 Å². The van der Waals surface area contributed by atoms with E-state index < -0.39 is 0 Å². The van der Waals surface area contributed by atoms with Crippen LogP contribution >= 0.6 is 0 Å². The zero-order valence-corrected chi connectivity index (χ0v) is 10.7. The van der Waals surface area contributed by atoms with Gasteiger partial charge in [0.25, 0.3) is 0 Å². The van der Waals surface area contributed by atoms with Crippen LogP contribution in [0.5, 0.6) is 0 Å². The first-order valence-corrected chi connectivity index (χ1v) is 6.53. The van der Waals surface area contributed by atoms with E-state index in [-0.39, 0.29) is 0 Å². The van der Waals surface area contributed by atoms with E-state index in [1.54, 1.807) is 0 Å². The summed E-state index contributed by atoms with van der Waals surface area (Å²) in [6, 6.07) is 2.07. The summed E-state index contributed by atoms with van der Waals surface area (Å²) in [4.78, 5) is 8.77. The number of hydrogen-bond donors (Lipinski definition) is 1. The summed E-state index contributed by atoms with van der Waals surface area (Å²) >= 11 is 0. The molecule has 0 saturated carbocycles. The SMILES string of the molecule is CNCc1cnccc1-n1cnc2c1CCCC2. The summed E-state index contributed by atoms with van der Waals surface area (Å²) in [6.45, 7) is 0.829. The smallest absolute Gasteiger partial charge is 0.0997 e. The van der Waals surface area contributed by atoms with Gasteiger partial charge in [-0.05, 0) is 38.8 Å². The number of pyridine rings is 1. The van der Waals surface area contributed by atoms with Crippen molar-refractivity contribution in [2.75, 3.05) is 7.05 Å². The second-order valence-electron chi connectivity index (χ2n) is 4.75. The molecule has 4 nitrogen and oxygen atoms in total. The fourth-order valence-corrected chi connectivity index (χ4v) is 2.66. The molecule has 0 amide bonds. The Bertz CT molecular complexity index is 544. The minimum Gasteiger partial charge on any atom is -0.316 e. The molecule has 0 radical (unpaired) electrons. The second-order valence-corrected chi connectivity index (χ2v) is 4.75. The van der Waals surface area contributed by atoms with Crippen LogP contribution in [0.25, 0.3) is 5.69 Å². The van der Waals surface area contributed by atoms with Crippen molar-refractivity contribution in [2.45, 2.75) is 32.2 Å². The van der Waals surface area contributed by atoms with Gasteiger partial charge in [-0.25, -0.2) is 4.98 Å². The molecule has 0 bridgehead atoms. The van der Waals surface area contributed by atoms with Gasteiger partial charge in [-0.3, -0.25) is 4.98 Å². The van der Waals surface area contributed by atoms with Gasteiger partial charge in [0.1, 0.15) is 0 Å². The van der Waals surface area contributed by atoms with E-state index in [1.165, 1.54) is 35.5 Å². The molecule has 2 heterocycles. The summed E-state index contributed by atoms with van der Waals surface area (Å²) in [5.41, 5.74) is 5.07. The quantitative estimate of drug-likeness (QED) is 0.893. The van der Waals surface area contributed by atoms with Crippen molar-refractivity contribution < 1.29 is 0 Å². The van der Waals surface area contributed by atoms with E-state index in [4.69, 9.17) is 0 Å². The van der Waals surface area contributed by atoms with Crippen molar-refractivity contribution in [3.63, 3.8) is 0 Å². The normalized spacial score (nSPS) is 14.5. The van der Waals surface area contributed by atoms with Gasteiger partial charge in [-0.15, -0.1) is 0 Å². The Morgan fingerprint density at radius 1 is 1.33 bits per heavy atom. The molecule has 0 aromatic carbocycles. The van der Waals surface area contributed by atoms with Gasteiger partial charge in [0.2, 0.25) is 0 Å². The van der Waals surface area contributed by atoms with Crippen molar-refractivity contribution in [3.8, 4) is 5.69 Å². The molecule has 1 aliphatic carbocycles. The maximum Gasteiger partial charge on any atom is 0.0997 e. The van der Waals surface area contributed by atoms with Gasteiger partial charge in [0, 0.05) is 30.2 Å². The minimum atomic E-state index is 0.829. The van der Waals surface area contributed by atoms with Crippen LogP contribution in [0.15, 0.2) is 24.8 Å². The van der Waals surface area contributed by atoms with Crippen LogP contribution in [0, 0.1) is 0 Å². The molecule has 0 spiro atoms. The number of imidazole rings is 1. The van der Waals surface area contributed by atoms with Crippen LogP contribution < -0.4 is 5.32 Å².